The fourth-order valence-electron chi connectivity index (χ4n) is 0.909. The molecule has 0 atom stereocenters. The van der Waals surface area contributed by atoms with E-state index in [0.717, 1.165) is 5.56 Å². The molecule has 0 aromatic carbocycles. The Bertz CT molecular complexity index is 324. The Kier molecular flexibility index (Phi) is 3.59. The molecule has 1 aromatic heterocycles. The highest BCUT2D eigenvalue weighted by molar-refractivity contribution is 5.93. The first-order chi connectivity index (χ1) is 6.59. The number of hydroxylamine groups is 1. The van der Waals surface area contributed by atoms with Gasteiger partial charge in [0.25, 0.3) is 5.91 Å². The van der Waals surface area contributed by atoms with Crippen molar-refractivity contribution < 1.29 is 9.63 Å². The quantitative estimate of drug-likeness (QED) is 0.741. The van der Waals surface area contributed by atoms with E-state index >= 15 is 0 Å². The third kappa shape index (κ3) is 3.14. The molecule has 0 aliphatic carbocycles. The molecule has 0 unspecified atom stereocenters. The predicted octanol–water partition coefficient (Wildman–Crippen LogP) is 1.46. The van der Waals surface area contributed by atoms with Crippen LogP contribution in [-0.4, -0.2) is 17.0 Å². The number of rotatable bonds is 3. The Morgan fingerprint density at radius 1 is 1.50 bits per heavy atom. The number of amides is 1. The maximum absolute atomic E-state index is 11.4. The summed E-state index contributed by atoms with van der Waals surface area (Å²) in [6, 6.07) is 1.76. The monoisotopic (exact) mass is 194 g/mol. The minimum absolute atomic E-state index is 0.0308. The standard InChI is InChI=1S/C10H14N2O2/c1-7(2)14-12-10(13)9-4-8(3)5-11-6-9/h4-7H,1-3H3,(H,12,13). The number of aryl methyl sites for hydroxylation is 1. The van der Waals surface area contributed by atoms with E-state index in [4.69, 9.17) is 4.84 Å². The smallest absolute Gasteiger partial charge is 0.271 e. The molecule has 1 heterocycles. The van der Waals surface area contributed by atoms with E-state index in [1.54, 1.807) is 12.3 Å². The molecule has 0 saturated heterocycles. The van der Waals surface area contributed by atoms with Gasteiger partial charge in [-0.3, -0.25) is 14.6 Å². The van der Waals surface area contributed by atoms with E-state index in [1.165, 1.54) is 6.20 Å². The molecule has 0 spiro atoms. The summed E-state index contributed by atoms with van der Waals surface area (Å²) in [7, 11) is 0. The molecule has 1 N–H and O–H groups in total. The summed E-state index contributed by atoms with van der Waals surface area (Å²) in [5.41, 5.74) is 3.80. The number of nitrogens with zero attached hydrogens (tertiary/aromatic N) is 1. The summed E-state index contributed by atoms with van der Waals surface area (Å²) in [5, 5.41) is 0. The third-order valence-corrected chi connectivity index (χ3v) is 1.52. The second kappa shape index (κ2) is 4.72. The lowest BCUT2D eigenvalue weighted by atomic mass is 10.2. The zero-order valence-electron chi connectivity index (χ0n) is 8.57. The van der Waals surface area contributed by atoms with Crippen LogP contribution in [-0.2, 0) is 4.84 Å². The molecule has 4 nitrogen and oxygen atoms in total. The van der Waals surface area contributed by atoms with Gasteiger partial charge in [0.05, 0.1) is 11.7 Å². The van der Waals surface area contributed by atoms with Gasteiger partial charge in [0.15, 0.2) is 0 Å². The number of hydrogen-bond acceptors (Lipinski definition) is 3. The lowest BCUT2D eigenvalue weighted by Crippen LogP contribution is -2.27. The van der Waals surface area contributed by atoms with Crippen LogP contribution in [0.3, 0.4) is 0 Å². The molecule has 1 rings (SSSR count). The van der Waals surface area contributed by atoms with Gasteiger partial charge in [0.2, 0.25) is 0 Å². The van der Waals surface area contributed by atoms with Crippen LogP contribution < -0.4 is 5.48 Å². The SMILES string of the molecule is Cc1cncc(C(=O)NOC(C)C)c1. The van der Waals surface area contributed by atoms with E-state index in [-0.39, 0.29) is 12.0 Å². The van der Waals surface area contributed by atoms with Gasteiger partial charge in [-0.1, -0.05) is 0 Å². The highest BCUT2D eigenvalue weighted by atomic mass is 16.7. The number of nitrogens with one attached hydrogen (secondary N) is 1. The molecule has 76 valence electrons. The van der Waals surface area contributed by atoms with Crippen molar-refractivity contribution in [2.45, 2.75) is 26.9 Å². The highest BCUT2D eigenvalue weighted by Crippen LogP contribution is 2.00. The van der Waals surface area contributed by atoms with Crippen LogP contribution in [0.25, 0.3) is 0 Å². The molecule has 0 saturated carbocycles. The lowest BCUT2D eigenvalue weighted by Gasteiger charge is -2.08. The van der Waals surface area contributed by atoms with Gasteiger partial charge >= 0.3 is 0 Å². The minimum atomic E-state index is -0.269. The van der Waals surface area contributed by atoms with Crippen molar-refractivity contribution in [3.05, 3.63) is 29.6 Å². The molecule has 0 fully saturated rings. The van der Waals surface area contributed by atoms with Gasteiger partial charge in [0.1, 0.15) is 0 Å². The number of aromatic nitrogens is 1. The van der Waals surface area contributed by atoms with Gasteiger partial charge < -0.3 is 0 Å². The molecule has 0 radical (unpaired) electrons. The first kappa shape index (κ1) is 10.7. The van der Waals surface area contributed by atoms with Crippen molar-refractivity contribution in [1.82, 2.24) is 10.5 Å². The molecular formula is C10H14N2O2. The predicted molar refractivity (Wildman–Crippen MR) is 52.7 cm³/mol. The van der Waals surface area contributed by atoms with Crippen molar-refractivity contribution in [3.63, 3.8) is 0 Å². The summed E-state index contributed by atoms with van der Waals surface area (Å²) in [6.45, 7) is 5.57. The maximum atomic E-state index is 11.4. The van der Waals surface area contributed by atoms with Crippen LogP contribution in [0.5, 0.6) is 0 Å². The Labute approximate surface area is 83.3 Å². The first-order valence-electron chi connectivity index (χ1n) is 4.47. The molecule has 1 amide bonds. The fourth-order valence-corrected chi connectivity index (χ4v) is 0.909. The van der Waals surface area contributed by atoms with Crippen LogP contribution >= 0.6 is 0 Å². The van der Waals surface area contributed by atoms with E-state index in [1.807, 2.05) is 20.8 Å². The summed E-state index contributed by atoms with van der Waals surface area (Å²) in [6.07, 6.45) is 3.17. The summed E-state index contributed by atoms with van der Waals surface area (Å²) in [4.78, 5) is 20.3. The molecule has 0 aliphatic heterocycles. The van der Waals surface area contributed by atoms with Crippen LogP contribution in [0.2, 0.25) is 0 Å². The summed E-state index contributed by atoms with van der Waals surface area (Å²) < 4.78 is 0. The van der Waals surface area contributed by atoms with E-state index in [9.17, 15) is 4.79 Å². The van der Waals surface area contributed by atoms with Crippen LogP contribution in [0.4, 0.5) is 0 Å². The van der Waals surface area contributed by atoms with Gasteiger partial charge in [-0.2, -0.15) is 0 Å². The third-order valence-electron chi connectivity index (χ3n) is 1.52. The van der Waals surface area contributed by atoms with Crippen LogP contribution in [0.1, 0.15) is 29.8 Å². The number of pyridine rings is 1. The van der Waals surface area contributed by atoms with Crippen LogP contribution in [0.15, 0.2) is 18.5 Å². The van der Waals surface area contributed by atoms with Gasteiger partial charge in [0, 0.05) is 12.4 Å². The first-order valence-corrected chi connectivity index (χ1v) is 4.47. The fraction of sp³-hybridized carbons (Fsp3) is 0.400. The minimum Gasteiger partial charge on any atom is -0.271 e. The van der Waals surface area contributed by atoms with Crippen molar-refractivity contribution in [2.75, 3.05) is 0 Å². The summed E-state index contributed by atoms with van der Waals surface area (Å²) >= 11 is 0. The second-order valence-electron chi connectivity index (χ2n) is 3.35. The largest absolute Gasteiger partial charge is 0.276 e. The molecule has 0 aliphatic rings. The van der Waals surface area contributed by atoms with Crippen molar-refractivity contribution >= 4 is 5.91 Å². The number of hydrogen-bond donors (Lipinski definition) is 1. The lowest BCUT2D eigenvalue weighted by molar-refractivity contribution is 0.000161. The summed E-state index contributed by atoms with van der Waals surface area (Å²) in [5.74, 6) is -0.269. The van der Waals surface area contributed by atoms with Gasteiger partial charge in [-0.05, 0) is 32.4 Å². The van der Waals surface area contributed by atoms with E-state index in [0.29, 0.717) is 5.56 Å². The zero-order valence-corrected chi connectivity index (χ0v) is 8.57. The Morgan fingerprint density at radius 2 is 2.21 bits per heavy atom. The van der Waals surface area contributed by atoms with Crippen molar-refractivity contribution in [3.8, 4) is 0 Å². The number of carbonyl (C=O) groups is 1. The Hall–Kier alpha value is -1.42. The van der Waals surface area contributed by atoms with Crippen molar-refractivity contribution in [2.24, 2.45) is 0 Å². The maximum Gasteiger partial charge on any atom is 0.276 e. The molecule has 14 heavy (non-hydrogen) atoms. The highest BCUT2D eigenvalue weighted by Gasteiger charge is 2.06. The number of carbonyl (C=O) groups excluding carboxylic acids is 1. The average Bonchev–Trinajstić information content (AvgIpc) is 2.14. The second-order valence-corrected chi connectivity index (χ2v) is 3.35. The Balaban J connectivity index is 2.61. The Morgan fingerprint density at radius 3 is 2.79 bits per heavy atom. The molecule has 0 bridgehead atoms. The normalized spacial score (nSPS) is 10.3. The van der Waals surface area contributed by atoms with E-state index < -0.39 is 0 Å². The molecular weight excluding hydrogens is 180 g/mol. The van der Waals surface area contributed by atoms with Crippen molar-refractivity contribution in [1.29, 1.82) is 0 Å². The topological polar surface area (TPSA) is 51.2 Å². The average molecular weight is 194 g/mol. The molecule has 1 aromatic rings. The van der Waals surface area contributed by atoms with Gasteiger partial charge in [-0.15, -0.1) is 0 Å². The van der Waals surface area contributed by atoms with E-state index in [2.05, 4.69) is 10.5 Å². The molecule has 4 heteroatoms. The van der Waals surface area contributed by atoms with Crippen LogP contribution in [0, 0.1) is 6.92 Å². The van der Waals surface area contributed by atoms with Gasteiger partial charge in [-0.25, -0.2) is 5.48 Å². The zero-order chi connectivity index (χ0) is 10.6.